The van der Waals surface area contributed by atoms with Crippen LogP contribution in [-0.2, 0) is 0 Å². The zero-order chi connectivity index (χ0) is 13.0. The fourth-order valence-electron chi connectivity index (χ4n) is 1.53. The quantitative estimate of drug-likeness (QED) is 0.917. The van der Waals surface area contributed by atoms with E-state index in [1.165, 1.54) is 0 Å². The van der Waals surface area contributed by atoms with Gasteiger partial charge in [0.05, 0.1) is 7.11 Å². The van der Waals surface area contributed by atoms with Gasteiger partial charge in [-0.15, -0.1) is 0 Å². The van der Waals surface area contributed by atoms with Crippen molar-refractivity contribution >= 4 is 23.2 Å². The SMILES string of the molecule is COc1cccc(C(=O)Nc2cccc(Cl)c2)c1. The lowest BCUT2D eigenvalue weighted by Gasteiger charge is -2.06. The van der Waals surface area contributed by atoms with Gasteiger partial charge in [0, 0.05) is 16.3 Å². The third-order valence-corrected chi connectivity index (χ3v) is 2.65. The molecule has 0 spiro atoms. The first-order chi connectivity index (χ1) is 8.69. The highest BCUT2D eigenvalue weighted by Crippen LogP contribution is 2.17. The van der Waals surface area contributed by atoms with E-state index in [9.17, 15) is 4.79 Å². The second kappa shape index (κ2) is 5.56. The van der Waals surface area contributed by atoms with Gasteiger partial charge in [-0.3, -0.25) is 4.79 Å². The number of rotatable bonds is 3. The zero-order valence-electron chi connectivity index (χ0n) is 9.81. The Morgan fingerprint density at radius 3 is 2.67 bits per heavy atom. The number of benzene rings is 2. The summed E-state index contributed by atoms with van der Waals surface area (Å²) in [6.07, 6.45) is 0. The molecule has 0 aliphatic carbocycles. The molecule has 0 unspecified atom stereocenters. The van der Waals surface area contributed by atoms with Gasteiger partial charge < -0.3 is 10.1 Å². The molecule has 2 rings (SSSR count). The number of hydrogen-bond donors (Lipinski definition) is 1. The first-order valence-corrected chi connectivity index (χ1v) is 5.78. The summed E-state index contributed by atoms with van der Waals surface area (Å²) in [5.41, 5.74) is 1.20. The Bertz CT molecular complexity index is 569. The van der Waals surface area contributed by atoms with Crippen LogP contribution in [0.25, 0.3) is 0 Å². The van der Waals surface area contributed by atoms with Gasteiger partial charge in [-0.2, -0.15) is 0 Å². The number of anilines is 1. The molecule has 2 aromatic carbocycles. The van der Waals surface area contributed by atoms with Gasteiger partial charge in [0.2, 0.25) is 0 Å². The van der Waals surface area contributed by atoms with Crippen molar-refractivity contribution in [1.29, 1.82) is 0 Å². The van der Waals surface area contributed by atoms with Crippen molar-refractivity contribution in [3.8, 4) is 5.75 Å². The summed E-state index contributed by atoms with van der Waals surface area (Å²) in [6.45, 7) is 0. The molecule has 0 saturated heterocycles. The maximum atomic E-state index is 12.0. The molecule has 1 amide bonds. The number of halogens is 1. The van der Waals surface area contributed by atoms with Crippen LogP contribution in [-0.4, -0.2) is 13.0 Å². The van der Waals surface area contributed by atoms with Crippen LogP contribution in [0, 0.1) is 0 Å². The highest BCUT2D eigenvalue weighted by molar-refractivity contribution is 6.30. The smallest absolute Gasteiger partial charge is 0.255 e. The summed E-state index contributed by atoms with van der Waals surface area (Å²) in [4.78, 5) is 12.0. The van der Waals surface area contributed by atoms with Crippen molar-refractivity contribution in [2.45, 2.75) is 0 Å². The van der Waals surface area contributed by atoms with Gasteiger partial charge in [-0.1, -0.05) is 23.7 Å². The van der Waals surface area contributed by atoms with Gasteiger partial charge in [0.1, 0.15) is 5.75 Å². The van der Waals surface area contributed by atoms with Crippen molar-refractivity contribution in [3.05, 3.63) is 59.1 Å². The van der Waals surface area contributed by atoms with Gasteiger partial charge in [0.25, 0.3) is 5.91 Å². The monoisotopic (exact) mass is 261 g/mol. The van der Waals surface area contributed by atoms with Crippen molar-refractivity contribution in [2.24, 2.45) is 0 Å². The summed E-state index contributed by atoms with van der Waals surface area (Å²) in [5.74, 6) is 0.449. The normalized spacial score (nSPS) is 9.89. The van der Waals surface area contributed by atoms with E-state index in [1.807, 2.05) is 0 Å². The van der Waals surface area contributed by atoms with E-state index < -0.39 is 0 Å². The lowest BCUT2D eigenvalue weighted by molar-refractivity contribution is 0.102. The third-order valence-electron chi connectivity index (χ3n) is 2.41. The van der Waals surface area contributed by atoms with Gasteiger partial charge in [0.15, 0.2) is 0 Å². The molecule has 0 bridgehead atoms. The zero-order valence-corrected chi connectivity index (χ0v) is 10.6. The van der Waals surface area contributed by atoms with E-state index in [0.29, 0.717) is 22.0 Å². The maximum Gasteiger partial charge on any atom is 0.255 e. The number of carbonyl (C=O) groups excluding carboxylic acids is 1. The van der Waals surface area contributed by atoms with Crippen LogP contribution in [0.4, 0.5) is 5.69 Å². The third kappa shape index (κ3) is 3.02. The van der Waals surface area contributed by atoms with Crippen LogP contribution in [0.5, 0.6) is 5.75 Å². The highest BCUT2D eigenvalue weighted by Gasteiger charge is 2.07. The lowest BCUT2D eigenvalue weighted by Crippen LogP contribution is -2.11. The highest BCUT2D eigenvalue weighted by atomic mass is 35.5. The predicted octanol–water partition coefficient (Wildman–Crippen LogP) is 3.60. The van der Waals surface area contributed by atoms with Gasteiger partial charge in [-0.05, 0) is 36.4 Å². The number of ether oxygens (including phenoxy) is 1. The molecule has 18 heavy (non-hydrogen) atoms. The van der Waals surface area contributed by atoms with Gasteiger partial charge >= 0.3 is 0 Å². The lowest BCUT2D eigenvalue weighted by atomic mass is 10.2. The Kier molecular flexibility index (Phi) is 3.85. The van der Waals surface area contributed by atoms with E-state index in [4.69, 9.17) is 16.3 Å². The Morgan fingerprint density at radius 1 is 1.17 bits per heavy atom. The Labute approximate surface area is 110 Å². The van der Waals surface area contributed by atoms with Crippen LogP contribution < -0.4 is 10.1 Å². The van der Waals surface area contributed by atoms with Gasteiger partial charge in [-0.25, -0.2) is 0 Å². The van der Waals surface area contributed by atoms with Crippen LogP contribution in [0.2, 0.25) is 5.02 Å². The largest absolute Gasteiger partial charge is 0.497 e. The maximum absolute atomic E-state index is 12.0. The molecule has 0 aliphatic rings. The van der Waals surface area contributed by atoms with E-state index in [0.717, 1.165) is 0 Å². The Morgan fingerprint density at radius 2 is 1.94 bits per heavy atom. The molecule has 0 atom stereocenters. The predicted molar refractivity (Wildman–Crippen MR) is 72.4 cm³/mol. The minimum atomic E-state index is -0.198. The standard InChI is InChI=1S/C14H12ClNO2/c1-18-13-7-2-4-10(8-13)14(17)16-12-6-3-5-11(15)9-12/h2-9H,1H3,(H,16,17). The average molecular weight is 262 g/mol. The van der Waals surface area contributed by atoms with E-state index in [2.05, 4.69) is 5.32 Å². The first kappa shape index (κ1) is 12.5. The molecule has 0 saturated carbocycles. The minimum Gasteiger partial charge on any atom is -0.497 e. The molecule has 0 aromatic heterocycles. The summed E-state index contributed by atoms with van der Waals surface area (Å²) in [7, 11) is 1.56. The molecular weight excluding hydrogens is 250 g/mol. The van der Waals surface area contributed by atoms with Crippen LogP contribution in [0.3, 0.4) is 0 Å². The summed E-state index contributed by atoms with van der Waals surface area (Å²) in [5, 5.41) is 3.35. The molecule has 0 fully saturated rings. The average Bonchev–Trinajstić information content (AvgIpc) is 2.39. The van der Waals surface area contributed by atoms with Crippen molar-refractivity contribution in [2.75, 3.05) is 12.4 Å². The van der Waals surface area contributed by atoms with Crippen LogP contribution >= 0.6 is 11.6 Å². The van der Waals surface area contributed by atoms with E-state index in [-0.39, 0.29) is 5.91 Å². The second-order valence-corrected chi connectivity index (χ2v) is 4.13. The molecule has 4 heteroatoms. The Balaban J connectivity index is 2.16. The molecule has 2 aromatic rings. The fourth-order valence-corrected chi connectivity index (χ4v) is 1.72. The number of amides is 1. The number of methoxy groups -OCH3 is 1. The number of hydrogen-bond acceptors (Lipinski definition) is 2. The van der Waals surface area contributed by atoms with Crippen molar-refractivity contribution < 1.29 is 9.53 Å². The topological polar surface area (TPSA) is 38.3 Å². The molecule has 3 nitrogen and oxygen atoms in total. The molecule has 92 valence electrons. The minimum absolute atomic E-state index is 0.198. The fraction of sp³-hybridized carbons (Fsp3) is 0.0714. The Hall–Kier alpha value is -2.00. The van der Waals surface area contributed by atoms with Crippen molar-refractivity contribution in [3.63, 3.8) is 0 Å². The summed E-state index contributed by atoms with van der Waals surface area (Å²) < 4.78 is 5.07. The van der Waals surface area contributed by atoms with E-state index in [1.54, 1.807) is 55.6 Å². The molecule has 0 aliphatic heterocycles. The van der Waals surface area contributed by atoms with Crippen LogP contribution in [0.1, 0.15) is 10.4 Å². The van der Waals surface area contributed by atoms with E-state index >= 15 is 0 Å². The van der Waals surface area contributed by atoms with Crippen LogP contribution in [0.15, 0.2) is 48.5 Å². The second-order valence-electron chi connectivity index (χ2n) is 3.70. The number of carbonyl (C=O) groups is 1. The summed E-state index contributed by atoms with van der Waals surface area (Å²) >= 11 is 5.85. The number of nitrogens with one attached hydrogen (secondary N) is 1. The summed E-state index contributed by atoms with van der Waals surface area (Å²) in [6, 6.07) is 14.0. The molecule has 0 radical (unpaired) electrons. The molecule has 0 heterocycles. The first-order valence-electron chi connectivity index (χ1n) is 5.40. The molecule has 1 N–H and O–H groups in total. The van der Waals surface area contributed by atoms with Crippen molar-refractivity contribution in [1.82, 2.24) is 0 Å². The molecular formula is C14H12ClNO2.